The van der Waals surface area contributed by atoms with E-state index in [2.05, 4.69) is 26.8 Å². The lowest BCUT2D eigenvalue weighted by atomic mass is 9.65. The lowest BCUT2D eigenvalue weighted by Gasteiger charge is -2.41. The summed E-state index contributed by atoms with van der Waals surface area (Å²) in [6.45, 7) is 6.62. The van der Waals surface area contributed by atoms with Gasteiger partial charge in [0.25, 0.3) is 0 Å². The van der Waals surface area contributed by atoms with Gasteiger partial charge in [-0.2, -0.15) is 0 Å². The number of ether oxygens (including phenoxy) is 1. The number of aliphatic hydroxyl groups excluding tert-OH is 1. The zero-order valence-corrected chi connectivity index (χ0v) is 12.6. The third-order valence-corrected chi connectivity index (χ3v) is 4.67. The summed E-state index contributed by atoms with van der Waals surface area (Å²) in [5.74, 6) is 1.12. The minimum atomic E-state index is -0.426. The highest BCUT2D eigenvalue weighted by Gasteiger charge is 2.38. The van der Waals surface area contributed by atoms with Crippen LogP contribution >= 0.6 is 0 Å². The van der Waals surface area contributed by atoms with Crippen LogP contribution in [0.3, 0.4) is 0 Å². The molecule has 0 heterocycles. The lowest BCUT2D eigenvalue weighted by molar-refractivity contribution is 0.00265. The van der Waals surface area contributed by atoms with Crippen LogP contribution in [0.4, 0.5) is 0 Å². The van der Waals surface area contributed by atoms with Crippen molar-refractivity contribution in [3.63, 3.8) is 0 Å². The number of rotatable bonds is 3. The third-order valence-electron chi connectivity index (χ3n) is 4.67. The smallest absolute Gasteiger partial charge is 0.124 e. The molecular formula is C17H26O2. The summed E-state index contributed by atoms with van der Waals surface area (Å²) in [6, 6.07) is 6.05. The second-order valence-corrected chi connectivity index (χ2v) is 6.53. The van der Waals surface area contributed by atoms with Gasteiger partial charge in [0.05, 0.1) is 13.2 Å². The second-order valence-electron chi connectivity index (χ2n) is 6.53. The maximum absolute atomic E-state index is 10.8. The Kier molecular flexibility index (Phi) is 4.19. The molecule has 0 aliphatic heterocycles. The van der Waals surface area contributed by atoms with E-state index in [0.29, 0.717) is 5.92 Å². The van der Waals surface area contributed by atoms with Crippen molar-refractivity contribution in [2.45, 2.75) is 52.6 Å². The van der Waals surface area contributed by atoms with Gasteiger partial charge in [0.15, 0.2) is 0 Å². The molecule has 0 bridgehead atoms. The molecule has 1 fully saturated rings. The first kappa shape index (κ1) is 14.4. The molecule has 1 aromatic rings. The van der Waals surface area contributed by atoms with Crippen molar-refractivity contribution in [2.24, 2.45) is 11.3 Å². The number of aryl methyl sites for hydroxylation is 1. The highest BCUT2D eigenvalue weighted by molar-refractivity contribution is 5.39. The minimum absolute atomic E-state index is 0.201. The van der Waals surface area contributed by atoms with Crippen molar-refractivity contribution < 1.29 is 9.84 Å². The molecule has 1 aliphatic carbocycles. The molecule has 0 saturated heterocycles. The summed E-state index contributed by atoms with van der Waals surface area (Å²) < 4.78 is 5.42. The van der Waals surface area contributed by atoms with Gasteiger partial charge in [-0.25, -0.2) is 0 Å². The van der Waals surface area contributed by atoms with Gasteiger partial charge >= 0.3 is 0 Å². The van der Waals surface area contributed by atoms with Crippen LogP contribution in [-0.4, -0.2) is 12.2 Å². The second kappa shape index (κ2) is 5.54. The van der Waals surface area contributed by atoms with Gasteiger partial charge in [-0.1, -0.05) is 38.3 Å². The summed E-state index contributed by atoms with van der Waals surface area (Å²) in [6.07, 6.45) is 4.37. The Morgan fingerprint density at radius 3 is 2.68 bits per heavy atom. The Morgan fingerprint density at radius 1 is 1.32 bits per heavy atom. The Bertz CT molecular complexity index is 437. The average molecular weight is 262 g/mol. The first-order valence-corrected chi connectivity index (χ1v) is 7.28. The third kappa shape index (κ3) is 2.94. The summed E-state index contributed by atoms with van der Waals surface area (Å²) in [5.41, 5.74) is 2.32. The van der Waals surface area contributed by atoms with E-state index in [1.807, 2.05) is 12.1 Å². The standard InChI is InChI=1S/C17H26O2/c1-12-8-9-15(19-4)13(11-12)16(18)14-7-5-6-10-17(14,2)3/h8-9,11,14,16,18H,5-7,10H2,1-4H3. The van der Waals surface area contributed by atoms with E-state index < -0.39 is 6.10 Å². The lowest BCUT2D eigenvalue weighted by Crippen LogP contribution is -2.32. The molecule has 1 aliphatic rings. The first-order valence-electron chi connectivity index (χ1n) is 7.28. The Labute approximate surface area is 116 Å². The van der Waals surface area contributed by atoms with Crippen molar-refractivity contribution in [1.29, 1.82) is 0 Å². The molecule has 2 rings (SSSR count). The van der Waals surface area contributed by atoms with E-state index in [4.69, 9.17) is 4.74 Å². The van der Waals surface area contributed by atoms with Crippen LogP contribution in [0.2, 0.25) is 0 Å². The van der Waals surface area contributed by atoms with E-state index in [0.717, 1.165) is 17.7 Å². The number of benzene rings is 1. The highest BCUT2D eigenvalue weighted by atomic mass is 16.5. The van der Waals surface area contributed by atoms with Gasteiger partial charge in [0.1, 0.15) is 5.75 Å². The van der Waals surface area contributed by atoms with Gasteiger partial charge in [-0.05, 0) is 43.2 Å². The van der Waals surface area contributed by atoms with Crippen LogP contribution in [0.1, 0.15) is 56.8 Å². The maximum atomic E-state index is 10.8. The largest absolute Gasteiger partial charge is 0.496 e. The van der Waals surface area contributed by atoms with E-state index in [9.17, 15) is 5.11 Å². The normalized spacial score (nSPS) is 23.9. The summed E-state index contributed by atoms with van der Waals surface area (Å²) in [7, 11) is 1.67. The number of hydrogen-bond acceptors (Lipinski definition) is 2. The summed E-state index contributed by atoms with van der Waals surface area (Å²) >= 11 is 0. The Hall–Kier alpha value is -1.02. The van der Waals surface area contributed by atoms with E-state index in [-0.39, 0.29) is 5.41 Å². The summed E-state index contributed by atoms with van der Waals surface area (Å²) in [4.78, 5) is 0. The van der Waals surface area contributed by atoms with E-state index >= 15 is 0 Å². The van der Waals surface area contributed by atoms with Gasteiger partial charge in [-0.3, -0.25) is 0 Å². The van der Waals surface area contributed by atoms with Gasteiger partial charge in [-0.15, -0.1) is 0 Å². The van der Waals surface area contributed by atoms with Crippen LogP contribution in [-0.2, 0) is 0 Å². The highest BCUT2D eigenvalue weighted by Crippen LogP contribution is 2.48. The van der Waals surface area contributed by atoms with Crippen molar-refractivity contribution in [3.05, 3.63) is 29.3 Å². The average Bonchev–Trinajstić information content (AvgIpc) is 2.37. The molecule has 0 aromatic heterocycles. The van der Waals surface area contributed by atoms with Crippen molar-refractivity contribution in [3.8, 4) is 5.75 Å². The quantitative estimate of drug-likeness (QED) is 0.882. The molecule has 19 heavy (non-hydrogen) atoms. The Balaban J connectivity index is 2.32. The SMILES string of the molecule is COc1ccc(C)cc1C(O)C1CCCCC1(C)C. The monoisotopic (exact) mass is 262 g/mol. The van der Waals surface area contributed by atoms with Crippen molar-refractivity contribution >= 4 is 0 Å². The molecule has 1 saturated carbocycles. The van der Waals surface area contributed by atoms with Crippen molar-refractivity contribution in [1.82, 2.24) is 0 Å². The topological polar surface area (TPSA) is 29.5 Å². The predicted molar refractivity (Wildman–Crippen MR) is 78.4 cm³/mol. The Morgan fingerprint density at radius 2 is 2.05 bits per heavy atom. The maximum Gasteiger partial charge on any atom is 0.124 e. The molecule has 106 valence electrons. The molecule has 2 unspecified atom stereocenters. The molecule has 2 nitrogen and oxygen atoms in total. The van der Waals surface area contributed by atoms with Gasteiger partial charge in [0, 0.05) is 5.56 Å². The fourth-order valence-electron chi connectivity index (χ4n) is 3.41. The summed E-state index contributed by atoms with van der Waals surface area (Å²) in [5, 5.41) is 10.8. The molecule has 0 amide bonds. The molecule has 0 spiro atoms. The van der Waals surface area contributed by atoms with Crippen LogP contribution < -0.4 is 4.74 Å². The zero-order chi connectivity index (χ0) is 14.0. The number of aliphatic hydroxyl groups is 1. The molecular weight excluding hydrogens is 236 g/mol. The van der Waals surface area contributed by atoms with Crippen molar-refractivity contribution in [2.75, 3.05) is 7.11 Å². The molecule has 0 radical (unpaired) electrons. The van der Waals surface area contributed by atoms with Crippen LogP contribution in [0, 0.1) is 18.3 Å². The fourth-order valence-corrected chi connectivity index (χ4v) is 3.41. The van der Waals surface area contributed by atoms with Gasteiger partial charge < -0.3 is 9.84 Å². The number of hydrogen-bond donors (Lipinski definition) is 1. The van der Waals surface area contributed by atoms with Crippen LogP contribution in [0.15, 0.2) is 18.2 Å². The predicted octanol–water partition coefficient (Wildman–Crippen LogP) is 4.25. The zero-order valence-electron chi connectivity index (χ0n) is 12.6. The molecule has 2 heteroatoms. The minimum Gasteiger partial charge on any atom is -0.496 e. The van der Waals surface area contributed by atoms with E-state index in [1.165, 1.54) is 24.8 Å². The van der Waals surface area contributed by atoms with Gasteiger partial charge in [0.2, 0.25) is 0 Å². The molecule has 1 N–H and O–H groups in total. The number of methoxy groups -OCH3 is 1. The van der Waals surface area contributed by atoms with Crippen LogP contribution in [0.25, 0.3) is 0 Å². The van der Waals surface area contributed by atoms with E-state index in [1.54, 1.807) is 7.11 Å². The molecule has 2 atom stereocenters. The first-order chi connectivity index (χ1) is 8.95. The fraction of sp³-hybridized carbons (Fsp3) is 0.647. The van der Waals surface area contributed by atoms with Crippen LogP contribution in [0.5, 0.6) is 5.75 Å². The molecule has 1 aromatic carbocycles.